The minimum absolute atomic E-state index is 0.158. The van der Waals surface area contributed by atoms with E-state index in [4.69, 9.17) is 4.74 Å². The molecule has 2 fully saturated rings. The van der Waals surface area contributed by atoms with E-state index >= 15 is 0 Å². The molecule has 4 aromatic rings. The lowest BCUT2D eigenvalue weighted by atomic mass is 9.91. The molecule has 15 heteroatoms. The monoisotopic (exact) mass is 741 g/mol. The molecule has 2 bridgehead atoms. The Morgan fingerprint density at radius 1 is 1.10 bits per heavy atom. The molecule has 3 atom stereocenters. The van der Waals surface area contributed by atoms with Crippen LogP contribution in [0.4, 0.5) is 5.82 Å². The lowest BCUT2D eigenvalue weighted by Gasteiger charge is -2.27. The highest BCUT2D eigenvalue weighted by atomic mass is 79.9. The number of ketones is 1. The number of piperidine rings is 1. The van der Waals surface area contributed by atoms with E-state index in [1.54, 1.807) is 42.5 Å². The minimum Gasteiger partial charge on any atom is -0.373 e. The van der Waals surface area contributed by atoms with Crippen molar-refractivity contribution in [3.05, 3.63) is 70.6 Å². The summed E-state index contributed by atoms with van der Waals surface area (Å²) in [6, 6.07) is 4.21. The van der Waals surface area contributed by atoms with Crippen LogP contribution in [0.25, 0.3) is 22.2 Å². The van der Waals surface area contributed by atoms with Crippen molar-refractivity contribution in [2.45, 2.75) is 65.8 Å². The SMILES string of the molecule is CC(=O)c1nn(CC(=O)N2[C@H]3C[C@@]4(CNC(=O)C(C)(C)/C=C/COCc5ccc(Br)nc5NC3=O)C[C@@H]24)c2cnc(-c3cnc(C)nc3)cc12. The molecule has 258 valence electrons. The first kappa shape index (κ1) is 33.6. The zero-order chi connectivity index (χ0) is 35.4. The van der Waals surface area contributed by atoms with Crippen LogP contribution in [0.5, 0.6) is 0 Å². The molecule has 0 aromatic carbocycles. The highest BCUT2D eigenvalue weighted by Crippen LogP contribution is 2.59. The number of halogens is 1. The van der Waals surface area contributed by atoms with Crippen LogP contribution in [0.2, 0.25) is 0 Å². The molecule has 3 aliphatic rings. The number of aryl methyl sites for hydroxylation is 1. The largest absolute Gasteiger partial charge is 0.373 e. The Kier molecular flexibility index (Phi) is 8.58. The standard InChI is InChI=1S/C35H36BrN9O5/c1-19(46)30-23-10-24(22-13-37-20(2)38-14-22)39-15-26(23)44(43-30)16-29(47)45-25-11-35(12-27(35)45)18-40-33(49)34(3,4)8-5-9-50-17-21-6-7-28(36)41-31(21)42-32(25)48/h5-8,10,13-15,25,27H,9,11-12,16-18H2,1-4H3,(H,40,49)(H,41,42,48)/b8-5+/t25-,27+,35-/m0/s1. The van der Waals surface area contributed by atoms with Gasteiger partial charge in [0, 0.05) is 53.8 Å². The van der Waals surface area contributed by atoms with Gasteiger partial charge in [-0.1, -0.05) is 18.2 Å². The van der Waals surface area contributed by atoms with Crippen LogP contribution in [0.15, 0.2) is 53.5 Å². The number of hydrogen-bond donors (Lipinski definition) is 2. The summed E-state index contributed by atoms with van der Waals surface area (Å²) in [6.45, 7) is 7.39. The van der Waals surface area contributed by atoms with Crippen molar-refractivity contribution in [1.82, 2.24) is 39.9 Å². The maximum Gasteiger partial charge on any atom is 0.248 e. The summed E-state index contributed by atoms with van der Waals surface area (Å²) in [7, 11) is 0. The third kappa shape index (κ3) is 6.31. The van der Waals surface area contributed by atoms with E-state index < -0.39 is 22.8 Å². The van der Waals surface area contributed by atoms with Gasteiger partial charge < -0.3 is 20.3 Å². The maximum atomic E-state index is 14.3. The topological polar surface area (TPSA) is 174 Å². The number of aromatic nitrogens is 6. The maximum absolute atomic E-state index is 14.3. The molecule has 50 heavy (non-hydrogen) atoms. The van der Waals surface area contributed by atoms with Crippen LogP contribution in [-0.4, -0.2) is 83.4 Å². The highest BCUT2D eigenvalue weighted by molar-refractivity contribution is 9.10. The van der Waals surface area contributed by atoms with Gasteiger partial charge in [-0.05, 0) is 61.7 Å². The average molecular weight is 743 g/mol. The molecule has 2 aliphatic heterocycles. The van der Waals surface area contributed by atoms with Crippen LogP contribution >= 0.6 is 15.9 Å². The molecule has 0 radical (unpaired) electrons. The third-order valence-corrected chi connectivity index (χ3v) is 10.2. The van der Waals surface area contributed by atoms with Crippen LogP contribution < -0.4 is 10.6 Å². The van der Waals surface area contributed by atoms with E-state index in [2.05, 4.69) is 51.6 Å². The van der Waals surface area contributed by atoms with Gasteiger partial charge in [0.1, 0.15) is 34.5 Å². The zero-order valence-electron chi connectivity index (χ0n) is 28.1. The van der Waals surface area contributed by atoms with Gasteiger partial charge in [-0.15, -0.1) is 0 Å². The number of amides is 3. The number of likely N-dealkylation sites (tertiary alicyclic amines) is 1. The lowest BCUT2D eigenvalue weighted by Crippen LogP contribution is -2.47. The Bertz CT molecular complexity index is 2080. The quantitative estimate of drug-likeness (QED) is 0.178. The Morgan fingerprint density at radius 2 is 1.88 bits per heavy atom. The number of carbonyl (C=O) groups is 4. The van der Waals surface area contributed by atoms with Crippen LogP contribution in [-0.2, 0) is 32.3 Å². The van der Waals surface area contributed by atoms with E-state index in [0.29, 0.717) is 63.4 Å². The van der Waals surface area contributed by atoms with Crippen molar-refractivity contribution in [2.75, 3.05) is 18.5 Å². The summed E-state index contributed by atoms with van der Waals surface area (Å²) >= 11 is 3.39. The van der Waals surface area contributed by atoms with Gasteiger partial charge in [0.25, 0.3) is 0 Å². The number of pyridine rings is 2. The van der Waals surface area contributed by atoms with Crippen molar-refractivity contribution in [3.8, 4) is 11.3 Å². The summed E-state index contributed by atoms with van der Waals surface area (Å²) in [4.78, 5) is 73.5. The van der Waals surface area contributed by atoms with E-state index in [1.165, 1.54) is 11.6 Å². The molecule has 3 amide bonds. The number of fused-ring (bicyclic) bond motifs is 3. The summed E-state index contributed by atoms with van der Waals surface area (Å²) in [6.07, 6.45) is 9.51. The molecule has 14 nitrogen and oxygen atoms in total. The molecular weight excluding hydrogens is 706 g/mol. The number of Topliss-reactive ketones (excluding diaryl/α,β-unsaturated/α-hetero) is 1. The number of rotatable bonds is 4. The summed E-state index contributed by atoms with van der Waals surface area (Å²) in [5, 5.41) is 11.1. The van der Waals surface area contributed by atoms with Crippen molar-refractivity contribution in [2.24, 2.45) is 10.8 Å². The molecule has 0 unspecified atom stereocenters. The number of anilines is 1. The zero-order valence-corrected chi connectivity index (χ0v) is 29.7. The van der Waals surface area contributed by atoms with Gasteiger partial charge in [0.2, 0.25) is 17.7 Å². The Labute approximate surface area is 296 Å². The first-order valence-corrected chi connectivity index (χ1v) is 17.1. The van der Waals surface area contributed by atoms with Crippen molar-refractivity contribution in [3.63, 3.8) is 0 Å². The fourth-order valence-electron chi connectivity index (χ4n) is 6.84. The van der Waals surface area contributed by atoms with Crippen molar-refractivity contribution < 1.29 is 23.9 Å². The van der Waals surface area contributed by atoms with E-state index in [1.807, 2.05) is 32.1 Å². The molecule has 4 aromatic heterocycles. The van der Waals surface area contributed by atoms with Gasteiger partial charge in [-0.25, -0.2) is 15.0 Å². The second kappa shape index (κ2) is 12.8. The van der Waals surface area contributed by atoms with E-state index in [-0.39, 0.29) is 49.1 Å². The van der Waals surface area contributed by atoms with Gasteiger partial charge >= 0.3 is 0 Å². The Balaban J connectivity index is 1.21. The highest BCUT2D eigenvalue weighted by Gasteiger charge is 2.67. The van der Waals surface area contributed by atoms with Gasteiger partial charge in [-0.2, -0.15) is 5.10 Å². The number of hydrogen-bond acceptors (Lipinski definition) is 10. The van der Waals surface area contributed by atoms with E-state index in [0.717, 1.165) is 0 Å². The molecule has 1 aliphatic carbocycles. The van der Waals surface area contributed by atoms with Crippen LogP contribution in [0, 0.1) is 17.8 Å². The fourth-order valence-corrected chi connectivity index (χ4v) is 7.15. The summed E-state index contributed by atoms with van der Waals surface area (Å²) in [5.41, 5.74) is 1.34. The van der Waals surface area contributed by atoms with E-state index in [9.17, 15) is 19.2 Å². The smallest absolute Gasteiger partial charge is 0.248 e. The lowest BCUT2D eigenvalue weighted by molar-refractivity contribution is -0.138. The number of ether oxygens (including phenoxy) is 1. The predicted molar refractivity (Wildman–Crippen MR) is 186 cm³/mol. The molecular formula is C35H36BrN9O5. The number of nitrogens with one attached hydrogen (secondary N) is 2. The van der Waals surface area contributed by atoms with Gasteiger partial charge in [0.15, 0.2) is 5.78 Å². The molecule has 1 saturated carbocycles. The van der Waals surface area contributed by atoms with Gasteiger partial charge in [-0.3, -0.25) is 28.8 Å². The molecule has 2 N–H and O–H groups in total. The molecule has 7 rings (SSSR count). The number of nitrogens with zero attached hydrogens (tertiary/aromatic N) is 7. The van der Waals surface area contributed by atoms with Crippen LogP contribution in [0.1, 0.15) is 55.5 Å². The third-order valence-electron chi connectivity index (χ3n) is 9.72. The molecule has 1 spiro atoms. The average Bonchev–Trinajstić information content (AvgIpc) is 3.50. The predicted octanol–water partition coefficient (Wildman–Crippen LogP) is 3.78. The second-order valence-corrected chi connectivity index (χ2v) is 14.5. The number of carbonyl (C=O) groups excluding carboxylic acids is 4. The fraction of sp³-hybridized carbons (Fsp3) is 0.400. The first-order chi connectivity index (χ1) is 23.8. The second-order valence-electron chi connectivity index (χ2n) is 13.7. The molecule has 1 saturated heterocycles. The van der Waals surface area contributed by atoms with Crippen molar-refractivity contribution in [1.29, 1.82) is 0 Å². The van der Waals surface area contributed by atoms with Crippen molar-refractivity contribution >= 4 is 56.2 Å². The Morgan fingerprint density at radius 3 is 2.64 bits per heavy atom. The summed E-state index contributed by atoms with van der Waals surface area (Å²) in [5.74, 6) is -0.206. The summed E-state index contributed by atoms with van der Waals surface area (Å²) < 4.78 is 7.83. The van der Waals surface area contributed by atoms with Gasteiger partial charge in [0.05, 0.1) is 36.0 Å². The first-order valence-electron chi connectivity index (χ1n) is 16.3. The van der Waals surface area contributed by atoms with Crippen LogP contribution in [0.3, 0.4) is 0 Å². The molecule has 6 heterocycles. The normalized spacial score (nSPS) is 23.8. The minimum atomic E-state index is -0.839. The Hall–Kier alpha value is -4.89.